The van der Waals surface area contributed by atoms with Crippen molar-refractivity contribution in [3.63, 3.8) is 0 Å². The molecule has 0 aliphatic carbocycles. The van der Waals surface area contributed by atoms with Crippen molar-refractivity contribution >= 4 is 79.8 Å². The van der Waals surface area contributed by atoms with Gasteiger partial charge >= 0.3 is 29.1 Å². The van der Waals surface area contributed by atoms with Crippen molar-refractivity contribution < 1.29 is 49.8 Å². The molecule has 1 aromatic rings. The van der Waals surface area contributed by atoms with Crippen molar-refractivity contribution in [1.82, 2.24) is 0 Å². The summed E-state index contributed by atoms with van der Waals surface area (Å²) in [6.07, 6.45) is 14.6. The van der Waals surface area contributed by atoms with Gasteiger partial charge in [0.25, 0.3) is 0 Å². The van der Waals surface area contributed by atoms with Crippen LogP contribution < -0.4 is 4.90 Å². The average Bonchev–Trinajstić information content (AvgIpc) is 3.79. The van der Waals surface area contributed by atoms with Gasteiger partial charge in [-0.05, 0) is 147 Å². The van der Waals surface area contributed by atoms with Crippen LogP contribution in [0.2, 0.25) is 104 Å². The first-order valence-corrected chi connectivity index (χ1v) is 42.7. The first-order chi connectivity index (χ1) is 29.5. The van der Waals surface area contributed by atoms with Crippen LogP contribution in [0.3, 0.4) is 0 Å². The number of esters is 2. The largest absolute Gasteiger partial charge is 0.462 e. The Morgan fingerprint density at radius 2 is 1.16 bits per heavy atom. The van der Waals surface area contributed by atoms with Gasteiger partial charge in [0.05, 0.1) is 35.8 Å². The Balaban J connectivity index is 1.14. The summed E-state index contributed by atoms with van der Waals surface area (Å²) in [6, 6.07) is 8.45. The highest BCUT2D eigenvalue weighted by Crippen LogP contribution is 2.52. The summed E-state index contributed by atoms with van der Waals surface area (Å²) >= 11 is 0. The van der Waals surface area contributed by atoms with E-state index in [4.69, 9.17) is 30.7 Å². The predicted octanol–water partition coefficient (Wildman–Crippen LogP) is 11.4. The second-order valence-electron chi connectivity index (χ2n) is 22.4. The third-order valence-corrected chi connectivity index (χ3v) is 31.3. The number of fused-ring (bicyclic) bond motifs is 5. The van der Waals surface area contributed by atoms with Crippen molar-refractivity contribution in [3.05, 3.63) is 42.0 Å². The number of unbranched alkanes of at least 4 members (excludes halogenated alkanes) is 9. The Hall–Kier alpha value is -1.86. The quantitative estimate of drug-likeness (QED) is 0.0249. The van der Waals surface area contributed by atoms with Crippen molar-refractivity contribution in [3.8, 4) is 0 Å². The topological polar surface area (TPSA) is 136 Å². The fourth-order valence-electron chi connectivity index (χ4n) is 9.68. The van der Waals surface area contributed by atoms with Crippen LogP contribution in [-0.2, 0) is 45.1 Å². The highest BCUT2D eigenvalue weighted by molar-refractivity contribution is 6.88. The number of amides is 2. The highest BCUT2D eigenvalue weighted by Gasteiger charge is 2.68. The number of carbonyl (C=O) groups excluding carboxylic acids is 4. The molecule has 0 aromatic heterocycles. The lowest BCUT2D eigenvalue weighted by molar-refractivity contribution is -0.153. The van der Waals surface area contributed by atoms with Gasteiger partial charge in [-0.15, -0.1) is 0 Å². The first kappa shape index (κ1) is 54.7. The molecule has 2 fully saturated rings. The number of anilines is 1. The van der Waals surface area contributed by atoms with Crippen LogP contribution in [0.25, 0.3) is 0 Å². The van der Waals surface area contributed by atoms with E-state index in [9.17, 15) is 19.2 Å². The van der Waals surface area contributed by atoms with Gasteiger partial charge in [-0.2, -0.15) is 0 Å². The number of benzene rings is 1. The molecule has 4 atom stereocenters. The average molecular weight is 995 g/mol. The summed E-state index contributed by atoms with van der Waals surface area (Å²) in [5, 5.41) is 0. The molecule has 1 aromatic carbocycles. The molecule has 4 rings (SSSR count). The van der Waals surface area contributed by atoms with Crippen LogP contribution in [0.4, 0.5) is 5.69 Å². The molecule has 4 unspecified atom stereocenters. The van der Waals surface area contributed by atoms with Gasteiger partial charge in [-0.3, -0.25) is 14.4 Å². The SMILES string of the molecule is C[Si](C)(C)O[Si](C)(C)O[Si](C)(C)CCCCCCCCCCC(=O)OCC12C=CC(O1)C1C(=O)N(c3ccc(C(=O)OCCCCC[Si](C)(O[Si](C)(C)C)O[Si](C)(C)C)cc3)C(=O)C12. The van der Waals surface area contributed by atoms with Crippen LogP contribution in [0.5, 0.6) is 0 Å². The van der Waals surface area contributed by atoms with Gasteiger partial charge in [0.2, 0.25) is 11.8 Å². The van der Waals surface area contributed by atoms with Gasteiger partial charge in [0, 0.05) is 6.42 Å². The molecule has 2 saturated heterocycles. The second kappa shape index (κ2) is 22.5. The van der Waals surface area contributed by atoms with E-state index >= 15 is 0 Å². The van der Waals surface area contributed by atoms with Crippen molar-refractivity contribution in [2.24, 2.45) is 11.8 Å². The maximum atomic E-state index is 13.9. The van der Waals surface area contributed by atoms with Crippen molar-refractivity contribution in [2.75, 3.05) is 18.1 Å². The number of hydrogen-bond donors (Lipinski definition) is 0. The maximum absolute atomic E-state index is 13.9. The fourth-order valence-corrected chi connectivity index (χ4v) is 35.6. The lowest BCUT2D eigenvalue weighted by atomic mass is 9.77. The zero-order chi connectivity index (χ0) is 47.8. The van der Waals surface area contributed by atoms with Gasteiger partial charge in [-0.25, -0.2) is 9.69 Å². The molecule has 0 saturated carbocycles. The standard InChI is InChI=1S/C46H83NO11Si6/c1-59(2,3)55-63(12,13)58-62(10,11)34-24-20-18-16-15-17-19-22-26-40(48)53-36-46-32-31-39(54-46)41-42(46)44(50)47(43(41)49)38-29-27-37(28-30-38)45(51)52-33-23-21-25-35-64(14,56-60(4,5)6)57-61(7,8)9/h27-32,39,41-42H,15-26,33-36H2,1-14H3. The minimum absolute atomic E-state index is 0.118. The number of ether oxygens (including phenoxy) is 3. The van der Waals surface area contributed by atoms with E-state index in [-0.39, 0.29) is 18.5 Å². The number of rotatable bonds is 29. The second-order valence-corrected chi connectivity index (χ2v) is 48.0. The molecule has 18 heteroatoms. The third-order valence-electron chi connectivity index (χ3n) is 11.5. The summed E-state index contributed by atoms with van der Waals surface area (Å²) in [6.45, 7) is 31.3. The molecule has 0 spiro atoms. The summed E-state index contributed by atoms with van der Waals surface area (Å²) in [5.41, 5.74) is -0.454. The molecule has 3 heterocycles. The maximum Gasteiger partial charge on any atom is 0.338 e. The van der Waals surface area contributed by atoms with E-state index in [0.29, 0.717) is 24.3 Å². The minimum Gasteiger partial charge on any atom is -0.462 e. The molecule has 12 nitrogen and oxygen atoms in total. The van der Waals surface area contributed by atoms with E-state index in [1.54, 1.807) is 36.4 Å². The van der Waals surface area contributed by atoms with Gasteiger partial charge in [0.15, 0.2) is 33.3 Å². The molecule has 2 amide bonds. The van der Waals surface area contributed by atoms with Crippen LogP contribution in [0.1, 0.15) is 87.4 Å². The Morgan fingerprint density at radius 3 is 1.73 bits per heavy atom. The zero-order valence-corrected chi connectivity index (χ0v) is 47.9. The summed E-state index contributed by atoms with van der Waals surface area (Å²) < 4.78 is 43.7. The highest BCUT2D eigenvalue weighted by atomic mass is 28.5. The van der Waals surface area contributed by atoms with E-state index in [2.05, 4.69) is 91.7 Å². The molecule has 3 aliphatic rings. The first-order valence-electron chi connectivity index (χ1n) is 24.0. The third kappa shape index (κ3) is 17.0. The number of carbonyl (C=O) groups is 4. The molecular weight excluding hydrogens is 911 g/mol. The fraction of sp³-hybridized carbons (Fsp3) is 0.739. The monoisotopic (exact) mass is 993 g/mol. The van der Waals surface area contributed by atoms with Crippen LogP contribution in [-0.4, -0.2) is 99.1 Å². The molecular formula is C46H83NO11Si6. The summed E-state index contributed by atoms with van der Waals surface area (Å²) in [4.78, 5) is 54.6. The predicted molar refractivity (Wildman–Crippen MR) is 270 cm³/mol. The number of hydrogen-bond acceptors (Lipinski definition) is 11. The minimum atomic E-state index is -2.30. The lowest BCUT2D eigenvalue weighted by Crippen LogP contribution is -2.52. The Kier molecular flexibility index (Phi) is 19.2. The van der Waals surface area contributed by atoms with Gasteiger partial charge < -0.3 is 30.7 Å². The van der Waals surface area contributed by atoms with Crippen molar-refractivity contribution in [1.29, 1.82) is 0 Å². The van der Waals surface area contributed by atoms with Gasteiger partial charge in [-0.1, -0.05) is 63.9 Å². The molecule has 64 heavy (non-hydrogen) atoms. The van der Waals surface area contributed by atoms with Gasteiger partial charge in [0.1, 0.15) is 12.2 Å². The summed E-state index contributed by atoms with van der Waals surface area (Å²) in [5.74, 6) is -3.02. The van der Waals surface area contributed by atoms with E-state index in [1.807, 2.05) is 0 Å². The Labute approximate surface area is 392 Å². The van der Waals surface area contributed by atoms with Crippen LogP contribution in [0, 0.1) is 11.8 Å². The van der Waals surface area contributed by atoms with E-state index < -0.39 is 85.8 Å². The zero-order valence-electron chi connectivity index (χ0n) is 41.9. The molecule has 0 N–H and O–H groups in total. The molecule has 0 radical (unpaired) electrons. The number of nitrogens with zero attached hydrogens (tertiary/aromatic N) is 1. The normalized spacial score (nSPS) is 21.5. The lowest BCUT2D eigenvalue weighted by Gasteiger charge is -2.38. The molecule has 3 aliphatic heterocycles. The van der Waals surface area contributed by atoms with E-state index in [0.717, 1.165) is 57.0 Å². The van der Waals surface area contributed by atoms with Crippen LogP contribution in [0.15, 0.2) is 36.4 Å². The molecule has 362 valence electrons. The number of imide groups is 1. The Morgan fingerprint density at radius 1 is 0.625 bits per heavy atom. The van der Waals surface area contributed by atoms with E-state index in [1.165, 1.54) is 30.6 Å². The van der Waals surface area contributed by atoms with Crippen LogP contribution >= 0.6 is 0 Å². The van der Waals surface area contributed by atoms with Crippen molar-refractivity contribution in [2.45, 2.75) is 193 Å². The Bertz CT molecular complexity index is 1760. The smallest absolute Gasteiger partial charge is 0.338 e. The summed E-state index contributed by atoms with van der Waals surface area (Å²) in [7, 11) is -11.3. The molecule has 2 bridgehead atoms.